The number of fused-ring (bicyclic) bond motifs is 2. The van der Waals surface area contributed by atoms with E-state index in [0.717, 1.165) is 17.4 Å². The Kier molecular flexibility index (Phi) is 6.34. The molecule has 0 bridgehead atoms. The molecule has 0 aliphatic carbocycles. The standard InChI is InChI=1S/C23H18N2O6S3/c1-3-11-25-20(19(33-23(25)32)22(28)31-4-2)24-21(27)13-9-10-15-17(12-13)34(29,30)16-8-6-5-7-14(16)18(15)26/h3,5-10,12H,1,4,11H2,2H3,(H,24,27). The zero-order chi connectivity index (χ0) is 24.6. The zero-order valence-electron chi connectivity index (χ0n) is 17.9. The summed E-state index contributed by atoms with van der Waals surface area (Å²) in [4.78, 5) is 38.1. The minimum atomic E-state index is -4.01. The van der Waals surface area contributed by atoms with Crippen LogP contribution in [-0.2, 0) is 21.1 Å². The Labute approximate surface area is 204 Å². The van der Waals surface area contributed by atoms with Crippen molar-refractivity contribution in [2.45, 2.75) is 23.3 Å². The number of anilines is 1. The highest BCUT2D eigenvalue weighted by Gasteiger charge is 2.35. The summed E-state index contributed by atoms with van der Waals surface area (Å²) in [5.74, 6) is -1.64. The Bertz CT molecular complexity index is 1530. The van der Waals surface area contributed by atoms with Gasteiger partial charge in [0.15, 0.2) is 14.6 Å². The number of nitrogens with one attached hydrogen (secondary N) is 1. The number of carbonyl (C=O) groups is 3. The van der Waals surface area contributed by atoms with E-state index >= 15 is 0 Å². The Balaban J connectivity index is 1.76. The normalized spacial score (nSPS) is 13.5. The SMILES string of the molecule is C=CCn1c(NC(=O)c2ccc3c(c2)S(=O)(=O)c2ccccc2C3=O)c(C(=O)OCC)sc1=S. The van der Waals surface area contributed by atoms with Crippen molar-refractivity contribution >= 4 is 56.9 Å². The molecule has 0 unspecified atom stereocenters. The lowest BCUT2D eigenvalue weighted by molar-refractivity contribution is 0.0532. The minimum absolute atomic E-state index is 0.00689. The first kappa shape index (κ1) is 23.7. The number of rotatable bonds is 6. The van der Waals surface area contributed by atoms with Crippen molar-refractivity contribution in [3.05, 3.63) is 80.6 Å². The van der Waals surface area contributed by atoms with Crippen LogP contribution in [0.3, 0.4) is 0 Å². The van der Waals surface area contributed by atoms with Gasteiger partial charge in [-0.05, 0) is 49.5 Å². The third kappa shape index (κ3) is 3.91. The van der Waals surface area contributed by atoms with Crippen LogP contribution in [0.2, 0.25) is 0 Å². The summed E-state index contributed by atoms with van der Waals surface area (Å²) >= 11 is 6.30. The van der Waals surface area contributed by atoms with Crippen LogP contribution in [0.1, 0.15) is 42.9 Å². The summed E-state index contributed by atoms with van der Waals surface area (Å²) in [5, 5.41) is 2.64. The summed E-state index contributed by atoms with van der Waals surface area (Å²) in [6, 6.07) is 9.78. The fourth-order valence-corrected chi connectivity index (χ4v) is 6.51. The first-order valence-corrected chi connectivity index (χ1v) is 12.8. The monoisotopic (exact) mass is 514 g/mol. The van der Waals surface area contributed by atoms with Gasteiger partial charge in [0.2, 0.25) is 9.84 Å². The number of thiazole rings is 1. The van der Waals surface area contributed by atoms with E-state index in [0.29, 0.717) is 3.95 Å². The van der Waals surface area contributed by atoms with E-state index in [1.807, 2.05) is 0 Å². The molecule has 3 aromatic rings. The molecule has 0 saturated carbocycles. The molecule has 0 saturated heterocycles. The maximum Gasteiger partial charge on any atom is 0.352 e. The van der Waals surface area contributed by atoms with Crippen LogP contribution >= 0.6 is 23.6 Å². The lowest BCUT2D eigenvalue weighted by Gasteiger charge is -2.19. The van der Waals surface area contributed by atoms with Crippen molar-refractivity contribution < 1.29 is 27.5 Å². The molecule has 174 valence electrons. The minimum Gasteiger partial charge on any atom is -0.462 e. The van der Waals surface area contributed by atoms with E-state index in [9.17, 15) is 22.8 Å². The van der Waals surface area contributed by atoms with Gasteiger partial charge in [0.05, 0.1) is 16.4 Å². The van der Waals surface area contributed by atoms with Crippen LogP contribution < -0.4 is 5.32 Å². The quantitative estimate of drug-likeness (QED) is 0.232. The Hall–Kier alpha value is -3.41. The highest BCUT2D eigenvalue weighted by molar-refractivity contribution is 7.91. The molecule has 11 heteroatoms. The maximum atomic E-state index is 13.2. The fourth-order valence-electron chi connectivity index (χ4n) is 3.56. The molecular weight excluding hydrogens is 496 g/mol. The number of aromatic nitrogens is 1. The van der Waals surface area contributed by atoms with Crippen molar-refractivity contribution in [1.29, 1.82) is 0 Å². The van der Waals surface area contributed by atoms with E-state index in [-0.39, 0.29) is 50.3 Å². The van der Waals surface area contributed by atoms with Gasteiger partial charge in [-0.1, -0.05) is 29.5 Å². The van der Waals surface area contributed by atoms with Crippen molar-refractivity contribution in [2.75, 3.05) is 11.9 Å². The van der Waals surface area contributed by atoms with Gasteiger partial charge in [0.25, 0.3) is 5.91 Å². The van der Waals surface area contributed by atoms with Crippen molar-refractivity contribution in [3.8, 4) is 0 Å². The third-order valence-electron chi connectivity index (χ3n) is 5.10. The highest BCUT2D eigenvalue weighted by atomic mass is 32.2. The average molecular weight is 515 g/mol. The molecule has 0 spiro atoms. The summed E-state index contributed by atoms with van der Waals surface area (Å²) in [7, 11) is -4.01. The molecule has 2 heterocycles. The largest absolute Gasteiger partial charge is 0.462 e. The van der Waals surface area contributed by atoms with Crippen LogP contribution in [0.5, 0.6) is 0 Å². The zero-order valence-corrected chi connectivity index (χ0v) is 20.3. The number of allylic oxidation sites excluding steroid dienone is 1. The summed E-state index contributed by atoms with van der Waals surface area (Å²) < 4.78 is 33.2. The number of esters is 1. The predicted octanol–water partition coefficient (Wildman–Crippen LogP) is 4.27. The number of ketones is 1. The van der Waals surface area contributed by atoms with Crippen molar-refractivity contribution in [1.82, 2.24) is 4.57 Å². The van der Waals surface area contributed by atoms with E-state index in [1.54, 1.807) is 19.1 Å². The number of ether oxygens (including phenoxy) is 1. The number of amides is 1. The number of carbonyl (C=O) groups excluding carboxylic acids is 3. The van der Waals surface area contributed by atoms with Crippen LogP contribution in [-0.4, -0.2) is 37.3 Å². The lowest BCUT2D eigenvalue weighted by Crippen LogP contribution is -2.22. The molecule has 1 aromatic heterocycles. The topological polar surface area (TPSA) is 112 Å². The number of sulfone groups is 1. The second-order valence-electron chi connectivity index (χ2n) is 7.16. The Morgan fingerprint density at radius 3 is 2.59 bits per heavy atom. The molecule has 34 heavy (non-hydrogen) atoms. The molecule has 1 aliphatic heterocycles. The van der Waals surface area contributed by atoms with E-state index in [2.05, 4.69) is 11.9 Å². The second-order valence-corrected chi connectivity index (χ2v) is 10.7. The molecule has 4 rings (SSSR count). The molecule has 1 aliphatic rings. The van der Waals surface area contributed by atoms with Crippen molar-refractivity contribution in [2.24, 2.45) is 0 Å². The summed E-state index contributed by atoms with van der Waals surface area (Å²) in [6.07, 6.45) is 1.56. The van der Waals surface area contributed by atoms with Gasteiger partial charge in [0, 0.05) is 23.2 Å². The van der Waals surface area contributed by atoms with Crippen LogP contribution in [0.25, 0.3) is 0 Å². The van der Waals surface area contributed by atoms with E-state index in [4.69, 9.17) is 17.0 Å². The molecule has 2 aromatic carbocycles. The van der Waals surface area contributed by atoms with Crippen LogP contribution in [0.4, 0.5) is 5.82 Å². The van der Waals surface area contributed by atoms with Gasteiger partial charge in [-0.15, -0.1) is 6.58 Å². The number of hydrogen-bond donors (Lipinski definition) is 1. The van der Waals surface area contributed by atoms with Crippen molar-refractivity contribution in [3.63, 3.8) is 0 Å². The predicted molar refractivity (Wildman–Crippen MR) is 129 cm³/mol. The second kappa shape index (κ2) is 9.09. The first-order valence-electron chi connectivity index (χ1n) is 10.1. The van der Waals surface area contributed by atoms with Gasteiger partial charge in [-0.2, -0.15) is 0 Å². The first-order chi connectivity index (χ1) is 16.2. The molecule has 0 atom stereocenters. The Morgan fingerprint density at radius 1 is 1.18 bits per heavy atom. The molecule has 0 radical (unpaired) electrons. The number of nitrogens with zero attached hydrogens (tertiary/aromatic N) is 1. The van der Waals surface area contributed by atoms with Gasteiger partial charge < -0.3 is 14.6 Å². The summed E-state index contributed by atoms with van der Waals surface area (Å²) in [5.41, 5.74) is 0.0761. The molecule has 1 N–H and O–H groups in total. The molecule has 8 nitrogen and oxygen atoms in total. The van der Waals surface area contributed by atoms with Gasteiger partial charge in [-0.3, -0.25) is 9.59 Å². The smallest absolute Gasteiger partial charge is 0.352 e. The molecule has 0 fully saturated rings. The number of hydrogen-bond acceptors (Lipinski definition) is 8. The van der Waals surface area contributed by atoms with Crippen LogP contribution in [0, 0.1) is 3.95 Å². The average Bonchev–Trinajstić information content (AvgIpc) is 3.13. The fraction of sp³-hybridized carbons (Fsp3) is 0.130. The third-order valence-corrected chi connectivity index (χ3v) is 8.38. The molecule has 1 amide bonds. The Morgan fingerprint density at radius 2 is 1.88 bits per heavy atom. The summed E-state index contributed by atoms with van der Waals surface area (Å²) in [6.45, 7) is 5.69. The van der Waals surface area contributed by atoms with Crippen LogP contribution in [0.15, 0.2) is 64.9 Å². The van der Waals surface area contributed by atoms with E-state index in [1.165, 1.54) is 34.9 Å². The molecular formula is C23H18N2O6S3. The van der Waals surface area contributed by atoms with Gasteiger partial charge in [0.1, 0.15) is 5.82 Å². The maximum absolute atomic E-state index is 13.2. The highest BCUT2D eigenvalue weighted by Crippen LogP contribution is 2.35. The van der Waals surface area contributed by atoms with E-state index < -0.39 is 27.5 Å². The number of benzene rings is 2. The lowest BCUT2D eigenvalue weighted by atomic mass is 10.0. The van der Waals surface area contributed by atoms with Gasteiger partial charge >= 0.3 is 5.97 Å². The van der Waals surface area contributed by atoms with Gasteiger partial charge in [-0.25, -0.2) is 13.2 Å².